The van der Waals surface area contributed by atoms with Gasteiger partial charge in [0.2, 0.25) is 0 Å². The highest BCUT2D eigenvalue weighted by Crippen LogP contribution is 2.13. The van der Waals surface area contributed by atoms with Crippen molar-refractivity contribution in [2.45, 2.75) is 0 Å². The molecular formula is C4H2Br2MgS. The van der Waals surface area contributed by atoms with Crippen LogP contribution in [0.25, 0.3) is 0 Å². The van der Waals surface area contributed by atoms with Gasteiger partial charge in [-0.15, -0.1) is 3.01 Å². The van der Waals surface area contributed by atoms with E-state index in [9.17, 15) is 0 Å². The van der Waals surface area contributed by atoms with Gasteiger partial charge in [0.15, 0.2) is 0 Å². The Balaban J connectivity index is 2.84. The van der Waals surface area contributed by atoms with Crippen molar-refractivity contribution in [1.29, 1.82) is 0 Å². The zero-order valence-electron chi connectivity index (χ0n) is 4.03. The van der Waals surface area contributed by atoms with Crippen molar-refractivity contribution in [1.82, 2.24) is 0 Å². The molecule has 1 rings (SSSR count). The molecule has 0 atom stereocenters. The van der Waals surface area contributed by atoms with Crippen LogP contribution in [-0.2, 0) is 0 Å². The van der Waals surface area contributed by atoms with Gasteiger partial charge in [0.05, 0.1) is 3.79 Å². The molecule has 0 N–H and O–H groups in total. The van der Waals surface area contributed by atoms with Gasteiger partial charge in [0, 0.05) is 0 Å². The molecule has 1 aromatic heterocycles. The fourth-order valence-electron chi connectivity index (χ4n) is 0.424. The molecule has 0 saturated carbocycles. The molecule has 0 aliphatic carbocycles. The summed E-state index contributed by atoms with van der Waals surface area (Å²) in [5.74, 6) is 0. The molecule has 0 nitrogen and oxygen atoms in total. The van der Waals surface area contributed by atoms with E-state index in [4.69, 9.17) is 0 Å². The maximum Gasteiger partial charge on any atom is 0.522 e. The van der Waals surface area contributed by atoms with E-state index in [-0.39, 0.29) is 18.2 Å². The van der Waals surface area contributed by atoms with Crippen molar-refractivity contribution in [2.24, 2.45) is 0 Å². The minimum atomic E-state index is -0.0869. The number of hydrogen-bond acceptors (Lipinski definition) is 1. The summed E-state index contributed by atoms with van der Waals surface area (Å²) in [6.45, 7) is 0. The van der Waals surface area contributed by atoms with Gasteiger partial charge in [-0.3, -0.25) is 12.9 Å². The first-order valence-corrected chi connectivity index (χ1v) is 8.34. The quantitative estimate of drug-likeness (QED) is 0.683. The van der Waals surface area contributed by atoms with E-state index in [0.29, 0.717) is 0 Å². The molecule has 0 amide bonds. The predicted molar refractivity (Wildman–Crippen MR) is 46.3 cm³/mol. The Kier molecular flexibility index (Phi) is 3.35. The largest absolute Gasteiger partial charge is 0.522 e. The van der Waals surface area contributed by atoms with Gasteiger partial charge in [-0.05, 0) is 22.0 Å². The van der Waals surface area contributed by atoms with Crippen molar-refractivity contribution >= 4 is 61.3 Å². The van der Waals surface area contributed by atoms with Crippen molar-refractivity contribution in [3.63, 3.8) is 0 Å². The highest BCUT2D eigenvalue weighted by Gasteiger charge is 1.96. The third-order valence-electron chi connectivity index (χ3n) is 0.761. The van der Waals surface area contributed by atoms with Gasteiger partial charge in [-0.2, -0.15) is 11.3 Å². The number of rotatable bonds is 1. The standard InChI is InChI=1S/C4H2BrS.BrH.Mg/c5-4-2-1-3-6-4;;/h1-2H;1H;/q;;+1/p-1. The summed E-state index contributed by atoms with van der Waals surface area (Å²) in [6, 6.07) is 4.25. The zero-order chi connectivity index (χ0) is 5.98. The van der Waals surface area contributed by atoms with Gasteiger partial charge < -0.3 is 0 Å². The van der Waals surface area contributed by atoms with Gasteiger partial charge in [-0.25, -0.2) is 0 Å². The van der Waals surface area contributed by atoms with E-state index < -0.39 is 0 Å². The molecule has 0 saturated heterocycles. The van der Waals surface area contributed by atoms with Gasteiger partial charge in [0.25, 0.3) is 0 Å². The van der Waals surface area contributed by atoms with E-state index in [1.54, 1.807) is 0 Å². The summed E-state index contributed by atoms with van der Waals surface area (Å²) in [5, 5.41) is 0. The van der Waals surface area contributed by atoms with Crippen LogP contribution >= 0.6 is 40.2 Å². The Morgan fingerprint density at radius 2 is 2.25 bits per heavy atom. The lowest BCUT2D eigenvalue weighted by atomic mass is 10.7. The van der Waals surface area contributed by atoms with E-state index in [1.807, 2.05) is 11.3 Å². The lowest BCUT2D eigenvalue weighted by Gasteiger charge is -1.76. The number of halogens is 2. The highest BCUT2D eigenvalue weighted by atomic mass is 79.9. The van der Waals surface area contributed by atoms with Crippen LogP contribution in [0.4, 0.5) is 0 Å². The van der Waals surface area contributed by atoms with E-state index in [1.165, 1.54) is 6.79 Å². The van der Waals surface area contributed by atoms with Crippen LogP contribution in [0.2, 0.25) is 0 Å². The van der Waals surface area contributed by atoms with Gasteiger partial charge >= 0.3 is 18.2 Å². The second-order valence-corrected chi connectivity index (χ2v) is 7.11. The molecule has 1 heterocycles. The molecule has 0 radical (unpaired) electrons. The summed E-state index contributed by atoms with van der Waals surface area (Å²) in [4.78, 5) is 0. The maximum atomic E-state index is 3.50. The molecule has 0 bridgehead atoms. The first kappa shape index (κ1) is 7.53. The monoisotopic (exact) mass is 264 g/mol. The fourth-order valence-corrected chi connectivity index (χ4v) is 4.82. The highest BCUT2D eigenvalue weighted by molar-refractivity contribution is 9.23. The molecule has 4 heteroatoms. The van der Waals surface area contributed by atoms with Crippen LogP contribution in [-0.4, -0.2) is 18.2 Å². The van der Waals surface area contributed by atoms with Crippen molar-refractivity contribution in [2.75, 3.05) is 0 Å². The van der Waals surface area contributed by atoms with E-state index >= 15 is 0 Å². The summed E-state index contributed by atoms with van der Waals surface area (Å²) in [5.41, 5.74) is 0. The molecule has 8 heavy (non-hydrogen) atoms. The lowest BCUT2D eigenvalue weighted by molar-refractivity contribution is 2.00. The average Bonchev–Trinajstić information content (AvgIpc) is 2.14. The van der Waals surface area contributed by atoms with Crippen LogP contribution in [0.15, 0.2) is 15.9 Å². The zero-order valence-corrected chi connectivity index (χ0v) is 9.43. The topological polar surface area (TPSA) is 0 Å². The van der Waals surface area contributed by atoms with Gasteiger partial charge in [-0.1, -0.05) is 6.07 Å². The Labute approximate surface area is 76.4 Å². The van der Waals surface area contributed by atoms with Crippen molar-refractivity contribution < 1.29 is 0 Å². The second kappa shape index (κ2) is 3.56. The molecule has 0 unspecified atom stereocenters. The molecule has 0 aliphatic rings. The van der Waals surface area contributed by atoms with Crippen LogP contribution < -0.4 is 3.01 Å². The van der Waals surface area contributed by atoms with Crippen molar-refractivity contribution in [3.8, 4) is 0 Å². The SMILES string of the molecule is [Br][Mg][c]1ccc(Br)s1. The minimum absolute atomic E-state index is 0.0869. The molecule has 40 valence electrons. The summed E-state index contributed by atoms with van der Waals surface area (Å²) in [6.07, 6.45) is 0. The summed E-state index contributed by atoms with van der Waals surface area (Å²) in [7, 11) is 0. The molecule has 1 aromatic rings. The summed E-state index contributed by atoms with van der Waals surface area (Å²) >= 11 is 8.62. The van der Waals surface area contributed by atoms with Crippen LogP contribution in [0.3, 0.4) is 0 Å². The van der Waals surface area contributed by atoms with Crippen molar-refractivity contribution in [3.05, 3.63) is 15.9 Å². The van der Waals surface area contributed by atoms with Crippen LogP contribution in [0.1, 0.15) is 0 Å². The molecule has 0 spiro atoms. The summed E-state index contributed by atoms with van der Waals surface area (Å²) < 4.78 is 2.73. The Morgan fingerprint density at radius 3 is 2.50 bits per heavy atom. The number of hydrogen-bond donors (Lipinski definition) is 0. The Hall–Kier alpha value is 1.43. The fraction of sp³-hybridized carbons (Fsp3) is 0. The van der Waals surface area contributed by atoms with Crippen LogP contribution in [0, 0.1) is 0 Å². The predicted octanol–water partition coefficient (Wildman–Crippen LogP) is 2.15. The Bertz CT molecular complexity index is 174. The lowest BCUT2D eigenvalue weighted by Crippen LogP contribution is -1.98. The third-order valence-corrected chi connectivity index (χ3v) is 6.53. The molecule has 0 aromatic carbocycles. The number of thiophene rings is 1. The van der Waals surface area contributed by atoms with E-state index in [0.717, 1.165) is 0 Å². The average molecular weight is 266 g/mol. The molecular weight excluding hydrogens is 264 g/mol. The van der Waals surface area contributed by atoms with Gasteiger partial charge in [0.1, 0.15) is 0 Å². The smallest absolute Gasteiger partial charge is 0.295 e. The Morgan fingerprint density at radius 1 is 1.50 bits per heavy atom. The van der Waals surface area contributed by atoms with Crippen LogP contribution in [0.5, 0.6) is 0 Å². The molecule has 0 fully saturated rings. The first-order valence-electron chi connectivity index (χ1n) is 2.13. The molecule has 0 aliphatic heterocycles. The second-order valence-electron chi connectivity index (χ2n) is 1.34. The minimum Gasteiger partial charge on any atom is -0.295 e. The normalized spacial score (nSPS) is 8.75. The van der Waals surface area contributed by atoms with E-state index in [2.05, 4.69) is 40.9 Å². The maximum absolute atomic E-state index is 3.50. The first-order chi connectivity index (χ1) is 3.83. The third kappa shape index (κ3) is 1.99.